The molecule has 1 aliphatic rings. The van der Waals surface area contributed by atoms with Gasteiger partial charge in [-0.25, -0.2) is 9.97 Å². The van der Waals surface area contributed by atoms with Gasteiger partial charge in [0.15, 0.2) is 10.8 Å². The molecule has 1 fully saturated rings. The van der Waals surface area contributed by atoms with Crippen LogP contribution in [-0.4, -0.2) is 21.9 Å². The Labute approximate surface area is 109 Å². The fraction of sp³-hybridized carbons (Fsp3) is 0.455. The highest BCUT2D eigenvalue weighted by Crippen LogP contribution is 2.34. The smallest absolute Gasteiger partial charge is 0.239 e. The molecule has 1 aromatic heterocycles. The molecule has 94 valence electrons. The van der Waals surface area contributed by atoms with E-state index in [-0.39, 0.29) is 10.8 Å². The average Bonchev–Trinajstić information content (AvgIpc) is 3.12. The van der Waals surface area contributed by atoms with Gasteiger partial charge in [0.25, 0.3) is 0 Å². The molecule has 18 heavy (non-hydrogen) atoms. The second-order valence-electron chi connectivity index (χ2n) is 4.28. The van der Waals surface area contributed by atoms with Crippen LogP contribution in [0.1, 0.15) is 25.0 Å². The summed E-state index contributed by atoms with van der Waals surface area (Å²) in [6.45, 7) is 0. The first kappa shape index (κ1) is 12.6. The summed E-state index contributed by atoms with van der Waals surface area (Å²) in [6.07, 6.45) is 4.32. The number of halogens is 1. The standard InChI is InChI=1S/C11H12ClN5O/c12-10-8(4-13)15-5-9(17-10)16-7(11(14)18)3-6-1-2-6/h5-7H,1-3H2,(H2,14,18)(H,16,17). The van der Waals surface area contributed by atoms with E-state index in [1.165, 1.54) is 6.20 Å². The highest BCUT2D eigenvalue weighted by Gasteiger charge is 2.28. The van der Waals surface area contributed by atoms with Gasteiger partial charge in [-0.15, -0.1) is 0 Å². The Morgan fingerprint density at radius 2 is 2.44 bits per heavy atom. The SMILES string of the molecule is N#Cc1ncc(NC(CC2CC2)C(N)=O)nc1Cl. The molecule has 0 aromatic carbocycles. The van der Waals surface area contributed by atoms with Crippen molar-refractivity contribution in [2.45, 2.75) is 25.3 Å². The van der Waals surface area contributed by atoms with E-state index >= 15 is 0 Å². The lowest BCUT2D eigenvalue weighted by Gasteiger charge is -2.15. The van der Waals surface area contributed by atoms with E-state index in [1.807, 2.05) is 6.07 Å². The molecular formula is C11H12ClN5O. The molecule has 1 atom stereocenters. The van der Waals surface area contributed by atoms with Gasteiger partial charge in [0.2, 0.25) is 5.91 Å². The Morgan fingerprint density at radius 3 is 2.94 bits per heavy atom. The van der Waals surface area contributed by atoms with Gasteiger partial charge in [0.1, 0.15) is 17.9 Å². The van der Waals surface area contributed by atoms with Crippen molar-refractivity contribution in [3.8, 4) is 6.07 Å². The van der Waals surface area contributed by atoms with Crippen LogP contribution in [0.2, 0.25) is 5.15 Å². The number of rotatable bonds is 5. The molecule has 1 aliphatic carbocycles. The lowest BCUT2D eigenvalue weighted by Crippen LogP contribution is -2.36. The number of nitrogens with one attached hydrogen (secondary N) is 1. The molecule has 1 unspecified atom stereocenters. The minimum atomic E-state index is -0.476. The van der Waals surface area contributed by atoms with Crippen LogP contribution in [0.3, 0.4) is 0 Å². The zero-order chi connectivity index (χ0) is 13.1. The molecule has 7 heteroatoms. The van der Waals surface area contributed by atoms with Crippen molar-refractivity contribution in [2.75, 3.05) is 5.32 Å². The van der Waals surface area contributed by atoms with E-state index in [4.69, 9.17) is 22.6 Å². The third kappa shape index (κ3) is 3.08. The number of carbonyl (C=O) groups is 1. The van der Waals surface area contributed by atoms with E-state index in [0.29, 0.717) is 18.2 Å². The van der Waals surface area contributed by atoms with Crippen LogP contribution in [-0.2, 0) is 4.79 Å². The summed E-state index contributed by atoms with van der Waals surface area (Å²) in [5.41, 5.74) is 5.38. The maximum Gasteiger partial charge on any atom is 0.239 e. The summed E-state index contributed by atoms with van der Waals surface area (Å²) in [5.74, 6) is 0.476. The van der Waals surface area contributed by atoms with Gasteiger partial charge in [-0.1, -0.05) is 24.4 Å². The maximum absolute atomic E-state index is 11.3. The molecule has 0 spiro atoms. The summed E-state index contributed by atoms with van der Waals surface area (Å²) in [5, 5.41) is 11.6. The van der Waals surface area contributed by atoms with E-state index in [9.17, 15) is 4.79 Å². The van der Waals surface area contributed by atoms with Gasteiger partial charge in [-0.3, -0.25) is 4.79 Å². The van der Waals surface area contributed by atoms with Crippen molar-refractivity contribution < 1.29 is 4.79 Å². The van der Waals surface area contributed by atoms with Crippen LogP contribution in [0.5, 0.6) is 0 Å². The number of hydrogen-bond acceptors (Lipinski definition) is 5. The summed E-state index contributed by atoms with van der Waals surface area (Å²) in [6, 6.07) is 1.34. The molecule has 0 aliphatic heterocycles. The van der Waals surface area contributed by atoms with E-state index in [0.717, 1.165) is 12.8 Å². The predicted molar refractivity (Wildman–Crippen MR) is 65.7 cm³/mol. The lowest BCUT2D eigenvalue weighted by atomic mass is 10.1. The van der Waals surface area contributed by atoms with Crippen molar-refractivity contribution in [3.05, 3.63) is 17.0 Å². The zero-order valence-electron chi connectivity index (χ0n) is 9.56. The molecule has 0 radical (unpaired) electrons. The van der Waals surface area contributed by atoms with Crippen molar-refractivity contribution in [1.29, 1.82) is 5.26 Å². The van der Waals surface area contributed by atoms with E-state index in [2.05, 4.69) is 15.3 Å². The predicted octanol–water partition coefficient (Wildman–Crippen LogP) is 1.07. The minimum absolute atomic E-state index is 0.0112. The summed E-state index contributed by atoms with van der Waals surface area (Å²) < 4.78 is 0. The monoisotopic (exact) mass is 265 g/mol. The van der Waals surface area contributed by atoms with Crippen molar-refractivity contribution in [3.63, 3.8) is 0 Å². The molecule has 0 saturated heterocycles. The molecule has 2 rings (SSSR count). The van der Waals surface area contributed by atoms with Crippen LogP contribution >= 0.6 is 11.6 Å². The molecule has 3 N–H and O–H groups in total. The number of primary amides is 1. The molecule has 1 heterocycles. The highest BCUT2D eigenvalue weighted by atomic mass is 35.5. The van der Waals surface area contributed by atoms with Gasteiger partial charge >= 0.3 is 0 Å². The Balaban J connectivity index is 2.08. The van der Waals surface area contributed by atoms with Crippen molar-refractivity contribution in [2.24, 2.45) is 11.7 Å². The van der Waals surface area contributed by atoms with Gasteiger partial charge in [-0.05, 0) is 12.3 Å². The quantitative estimate of drug-likeness (QED) is 0.828. The second kappa shape index (κ2) is 5.19. The first-order valence-corrected chi connectivity index (χ1v) is 5.96. The topological polar surface area (TPSA) is 105 Å². The number of carbonyl (C=O) groups excluding carboxylic acids is 1. The molecule has 1 aromatic rings. The molecular weight excluding hydrogens is 254 g/mol. The van der Waals surface area contributed by atoms with Crippen molar-refractivity contribution >= 4 is 23.3 Å². The molecule has 6 nitrogen and oxygen atoms in total. The Bertz CT molecular complexity index is 509. The van der Waals surface area contributed by atoms with Crippen LogP contribution in [0.4, 0.5) is 5.82 Å². The summed E-state index contributed by atoms with van der Waals surface area (Å²) in [7, 11) is 0. The lowest BCUT2D eigenvalue weighted by molar-refractivity contribution is -0.118. The normalized spacial score (nSPS) is 15.8. The van der Waals surface area contributed by atoms with Gasteiger partial charge < -0.3 is 11.1 Å². The van der Waals surface area contributed by atoms with Crippen molar-refractivity contribution in [1.82, 2.24) is 9.97 Å². The summed E-state index contributed by atoms with van der Waals surface area (Å²) >= 11 is 5.76. The number of anilines is 1. The average molecular weight is 266 g/mol. The molecule has 1 amide bonds. The summed E-state index contributed by atoms with van der Waals surface area (Å²) in [4.78, 5) is 19.1. The zero-order valence-corrected chi connectivity index (χ0v) is 10.3. The number of nitrogens with zero attached hydrogens (tertiary/aromatic N) is 3. The second-order valence-corrected chi connectivity index (χ2v) is 4.64. The fourth-order valence-corrected chi connectivity index (χ4v) is 1.80. The number of hydrogen-bond donors (Lipinski definition) is 2. The van der Waals surface area contributed by atoms with Gasteiger partial charge in [-0.2, -0.15) is 5.26 Å². The van der Waals surface area contributed by atoms with Gasteiger partial charge in [0, 0.05) is 0 Å². The van der Waals surface area contributed by atoms with Crippen LogP contribution in [0.25, 0.3) is 0 Å². The molecule has 1 saturated carbocycles. The first-order valence-electron chi connectivity index (χ1n) is 5.58. The minimum Gasteiger partial charge on any atom is -0.368 e. The third-order valence-corrected chi connectivity index (χ3v) is 3.03. The highest BCUT2D eigenvalue weighted by molar-refractivity contribution is 6.30. The van der Waals surface area contributed by atoms with E-state index < -0.39 is 11.9 Å². The number of aromatic nitrogens is 2. The van der Waals surface area contributed by atoms with E-state index in [1.54, 1.807) is 0 Å². The fourth-order valence-electron chi connectivity index (χ4n) is 1.62. The number of nitrogens with two attached hydrogens (primary N) is 1. The van der Waals surface area contributed by atoms with Crippen LogP contribution < -0.4 is 11.1 Å². The van der Waals surface area contributed by atoms with Crippen LogP contribution in [0.15, 0.2) is 6.20 Å². The molecule has 0 bridgehead atoms. The number of nitriles is 1. The number of amides is 1. The van der Waals surface area contributed by atoms with Crippen LogP contribution in [0, 0.1) is 17.2 Å². The Kier molecular flexibility index (Phi) is 3.63. The first-order chi connectivity index (χ1) is 8.60. The van der Waals surface area contributed by atoms with Gasteiger partial charge in [0.05, 0.1) is 6.20 Å². The Hall–Kier alpha value is -1.87. The largest absolute Gasteiger partial charge is 0.368 e. The third-order valence-electron chi connectivity index (χ3n) is 2.77. The Morgan fingerprint density at radius 1 is 1.72 bits per heavy atom. The maximum atomic E-state index is 11.3.